The highest BCUT2D eigenvalue weighted by Gasteiger charge is 2.53. The highest BCUT2D eigenvalue weighted by atomic mass is 16.7. The van der Waals surface area contributed by atoms with Gasteiger partial charge < -0.3 is 9.47 Å². The zero-order chi connectivity index (χ0) is 11.9. The Hall–Kier alpha value is -0.410. The smallest absolute Gasteiger partial charge is 0.168 e. The summed E-state index contributed by atoms with van der Waals surface area (Å²) in [5.74, 6) is 0.759. The van der Waals surface area contributed by atoms with Crippen molar-refractivity contribution in [2.75, 3.05) is 13.2 Å². The minimum atomic E-state index is -0.448. The Morgan fingerprint density at radius 3 is 2.69 bits per heavy atom. The summed E-state index contributed by atoms with van der Waals surface area (Å²) in [6.45, 7) is 9.40. The van der Waals surface area contributed by atoms with Crippen LogP contribution in [0.25, 0.3) is 0 Å². The minimum absolute atomic E-state index is 0.0422. The van der Waals surface area contributed by atoms with Gasteiger partial charge in [0.2, 0.25) is 0 Å². The third-order valence-electron chi connectivity index (χ3n) is 4.56. The van der Waals surface area contributed by atoms with E-state index in [0.717, 1.165) is 6.42 Å². The summed E-state index contributed by atoms with van der Waals surface area (Å²) < 4.78 is 11.4. The van der Waals surface area contributed by atoms with Gasteiger partial charge in [0, 0.05) is 23.7 Å². The molecule has 0 unspecified atom stereocenters. The maximum Gasteiger partial charge on any atom is 0.168 e. The molecular weight excluding hydrogens is 204 g/mol. The molecule has 0 spiro atoms. The number of rotatable bonds is 3. The summed E-state index contributed by atoms with van der Waals surface area (Å²) in [7, 11) is 0. The van der Waals surface area contributed by atoms with E-state index < -0.39 is 5.79 Å². The van der Waals surface area contributed by atoms with Gasteiger partial charge in [-0.25, -0.2) is 0 Å². The number of ether oxygens (including phenoxy) is 2. The van der Waals surface area contributed by atoms with E-state index in [1.807, 2.05) is 13.8 Å². The molecule has 2 aliphatic heterocycles. The number of Topliss-reactive ketones (excluding diaryl/α,β-unsaturated/α-hetero) is 1. The van der Waals surface area contributed by atoms with Crippen molar-refractivity contribution >= 4 is 5.78 Å². The lowest BCUT2D eigenvalue weighted by atomic mass is 9.75. The van der Waals surface area contributed by atoms with Crippen molar-refractivity contribution in [2.24, 2.45) is 23.7 Å². The molecule has 2 heterocycles. The number of carbonyl (C=O) groups excluding carboxylic acids is 1. The molecule has 2 fully saturated rings. The van der Waals surface area contributed by atoms with Gasteiger partial charge >= 0.3 is 0 Å². The first-order valence-corrected chi connectivity index (χ1v) is 6.31. The van der Waals surface area contributed by atoms with Crippen LogP contribution in [0.3, 0.4) is 0 Å². The summed E-state index contributed by atoms with van der Waals surface area (Å²) in [6.07, 6.45) is 0.911. The van der Waals surface area contributed by atoms with E-state index in [1.54, 1.807) is 0 Å². The standard InChI is InChI=1S/C13H22O3/c1-5-8(2)12(14)11-7-16-13(4)9(3)10(11)6-15-13/h8-11H,5-7H2,1-4H3/t8-,9-,10-,11+,13+/m1/s1. The second-order valence-corrected chi connectivity index (χ2v) is 5.41. The van der Waals surface area contributed by atoms with E-state index in [0.29, 0.717) is 30.8 Å². The second-order valence-electron chi connectivity index (χ2n) is 5.41. The molecule has 16 heavy (non-hydrogen) atoms. The zero-order valence-corrected chi connectivity index (χ0v) is 10.7. The van der Waals surface area contributed by atoms with Crippen LogP contribution >= 0.6 is 0 Å². The quantitative estimate of drug-likeness (QED) is 0.740. The summed E-state index contributed by atoms with van der Waals surface area (Å²) >= 11 is 0. The fourth-order valence-electron chi connectivity index (χ4n) is 2.80. The molecule has 3 nitrogen and oxygen atoms in total. The predicted molar refractivity (Wildman–Crippen MR) is 60.9 cm³/mol. The first-order chi connectivity index (χ1) is 7.49. The second kappa shape index (κ2) is 4.11. The minimum Gasteiger partial charge on any atom is -0.350 e. The third kappa shape index (κ3) is 1.70. The molecule has 0 aromatic carbocycles. The van der Waals surface area contributed by atoms with E-state index in [9.17, 15) is 4.79 Å². The molecule has 0 saturated carbocycles. The predicted octanol–water partition coefficient (Wildman–Crippen LogP) is 2.25. The van der Waals surface area contributed by atoms with E-state index in [2.05, 4.69) is 13.8 Å². The number of hydrogen-bond acceptors (Lipinski definition) is 3. The van der Waals surface area contributed by atoms with Crippen LogP contribution in [0.1, 0.15) is 34.1 Å². The van der Waals surface area contributed by atoms with Gasteiger partial charge in [0.25, 0.3) is 0 Å². The molecule has 0 aliphatic carbocycles. The molecule has 0 amide bonds. The molecular formula is C13H22O3. The normalized spacial score (nSPS) is 44.4. The largest absolute Gasteiger partial charge is 0.350 e. The zero-order valence-electron chi connectivity index (χ0n) is 10.7. The highest BCUT2D eigenvalue weighted by molar-refractivity contribution is 5.83. The summed E-state index contributed by atoms with van der Waals surface area (Å²) in [5, 5.41) is 0. The van der Waals surface area contributed by atoms with Crippen molar-refractivity contribution in [3.8, 4) is 0 Å². The van der Waals surface area contributed by atoms with Crippen LogP contribution in [0.15, 0.2) is 0 Å². The molecule has 0 radical (unpaired) electrons. The number of hydrogen-bond donors (Lipinski definition) is 0. The van der Waals surface area contributed by atoms with Gasteiger partial charge in [0.15, 0.2) is 5.79 Å². The number of fused-ring (bicyclic) bond motifs is 2. The monoisotopic (exact) mass is 226 g/mol. The van der Waals surface area contributed by atoms with Crippen LogP contribution in [0, 0.1) is 23.7 Å². The van der Waals surface area contributed by atoms with Crippen LogP contribution in [0.4, 0.5) is 0 Å². The Morgan fingerprint density at radius 2 is 2.06 bits per heavy atom. The van der Waals surface area contributed by atoms with Crippen LogP contribution in [-0.4, -0.2) is 24.8 Å². The van der Waals surface area contributed by atoms with Crippen molar-refractivity contribution in [1.29, 1.82) is 0 Å². The van der Waals surface area contributed by atoms with Crippen LogP contribution < -0.4 is 0 Å². The topological polar surface area (TPSA) is 35.5 Å². The van der Waals surface area contributed by atoms with E-state index in [4.69, 9.17) is 9.47 Å². The van der Waals surface area contributed by atoms with Gasteiger partial charge in [-0.05, 0) is 13.3 Å². The molecule has 0 aromatic rings. The molecule has 2 aliphatic rings. The Morgan fingerprint density at radius 1 is 1.44 bits per heavy atom. The molecule has 0 N–H and O–H groups in total. The van der Waals surface area contributed by atoms with Gasteiger partial charge in [-0.1, -0.05) is 20.8 Å². The van der Waals surface area contributed by atoms with Crippen molar-refractivity contribution in [3.63, 3.8) is 0 Å². The SMILES string of the molecule is CC[C@@H](C)C(=O)[C@H]1CO[C@]2(C)OC[C@@H]1[C@H]2C. The fraction of sp³-hybridized carbons (Fsp3) is 0.923. The van der Waals surface area contributed by atoms with Gasteiger partial charge in [0.05, 0.1) is 13.2 Å². The molecule has 3 heteroatoms. The average Bonchev–Trinajstić information content (AvgIpc) is 2.49. The van der Waals surface area contributed by atoms with Gasteiger partial charge in [-0.2, -0.15) is 0 Å². The molecule has 2 rings (SSSR count). The Bertz CT molecular complexity index is 289. The maximum atomic E-state index is 12.2. The summed E-state index contributed by atoms with van der Waals surface area (Å²) in [5.41, 5.74) is 0. The molecule has 92 valence electrons. The van der Waals surface area contributed by atoms with Gasteiger partial charge in [-0.15, -0.1) is 0 Å². The lowest BCUT2D eigenvalue weighted by molar-refractivity contribution is -0.231. The first-order valence-electron chi connectivity index (χ1n) is 6.31. The maximum absolute atomic E-state index is 12.2. The van der Waals surface area contributed by atoms with E-state index in [1.165, 1.54) is 0 Å². The number of carbonyl (C=O) groups is 1. The summed E-state index contributed by atoms with van der Waals surface area (Å²) in [6, 6.07) is 0. The first kappa shape index (κ1) is 12.1. The third-order valence-corrected chi connectivity index (χ3v) is 4.56. The number of ketones is 1. The van der Waals surface area contributed by atoms with Crippen molar-refractivity contribution in [2.45, 2.75) is 39.9 Å². The van der Waals surface area contributed by atoms with Crippen molar-refractivity contribution in [1.82, 2.24) is 0 Å². The molecule has 2 bridgehead atoms. The average molecular weight is 226 g/mol. The lowest BCUT2D eigenvalue weighted by Gasteiger charge is -2.38. The van der Waals surface area contributed by atoms with Gasteiger partial charge in [-0.3, -0.25) is 4.79 Å². The van der Waals surface area contributed by atoms with E-state index >= 15 is 0 Å². The Balaban J connectivity index is 2.12. The molecule has 0 aromatic heterocycles. The van der Waals surface area contributed by atoms with Gasteiger partial charge in [0.1, 0.15) is 5.78 Å². The Labute approximate surface area is 97.5 Å². The highest BCUT2D eigenvalue weighted by Crippen LogP contribution is 2.46. The lowest BCUT2D eigenvalue weighted by Crippen LogP contribution is -2.46. The van der Waals surface area contributed by atoms with Crippen LogP contribution in [0.5, 0.6) is 0 Å². The molecule has 2 saturated heterocycles. The molecule has 5 atom stereocenters. The Kier molecular flexibility index (Phi) is 3.10. The fourth-order valence-corrected chi connectivity index (χ4v) is 2.80. The van der Waals surface area contributed by atoms with E-state index in [-0.39, 0.29) is 11.8 Å². The van der Waals surface area contributed by atoms with Crippen molar-refractivity contribution < 1.29 is 14.3 Å². The van der Waals surface area contributed by atoms with Crippen molar-refractivity contribution in [3.05, 3.63) is 0 Å². The van der Waals surface area contributed by atoms with Crippen LogP contribution in [0.2, 0.25) is 0 Å². The van der Waals surface area contributed by atoms with Crippen LogP contribution in [-0.2, 0) is 14.3 Å². The summed E-state index contributed by atoms with van der Waals surface area (Å²) in [4.78, 5) is 12.2.